The first-order chi connectivity index (χ1) is 8.59. The Hall–Kier alpha value is -2.03. The summed E-state index contributed by atoms with van der Waals surface area (Å²) in [5.74, 6) is 1.42. The molecule has 18 heavy (non-hydrogen) atoms. The molecule has 0 amide bonds. The van der Waals surface area contributed by atoms with E-state index in [0.29, 0.717) is 12.5 Å². The molecule has 0 spiro atoms. The second-order valence-corrected chi connectivity index (χ2v) is 4.78. The predicted molar refractivity (Wildman–Crippen MR) is 75.3 cm³/mol. The molecule has 3 nitrogen and oxygen atoms in total. The van der Waals surface area contributed by atoms with Crippen LogP contribution in [-0.4, -0.2) is 12.4 Å². The van der Waals surface area contributed by atoms with Gasteiger partial charge in [0, 0.05) is 10.9 Å². The average Bonchev–Trinajstić information content (AvgIpc) is 2.35. The number of nitrogens with two attached hydrogens (primary N) is 1. The van der Waals surface area contributed by atoms with E-state index < -0.39 is 0 Å². The third-order valence-corrected chi connectivity index (χ3v) is 2.75. The molecule has 0 atom stereocenters. The van der Waals surface area contributed by atoms with E-state index >= 15 is 0 Å². The Morgan fingerprint density at radius 3 is 2.44 bits per heavy atom. The standard InChI is InChI=1S/C15H18N2O/c1-10(2)9-18-14-8-7-13(15(16)17)11-5-3-4-6-12(11)14/h3-8,10H,9H2,1-2H3,(H3,16,17). The van der Waals surface area contributed by atoms with Crippen LogP contribution in [0.3, 0.4) is 0 Å². The van der Waals surface area contributed by atoms with Gasteiger partial charge in [-0.2, -0.15) is 0 Å². The summed E-state index contributed by atoms with van der Waals surface area (Å²) in [6, 6.07) is 11.6. The Labute approximate surface area is 107 Å². The van der Waals surface area contributed by atoms with Crippen LogP contribution in [0.4, 0.5) is 0 Å². The van der Waals surface area contributed by atoms with Crippen molar-refractivity contribution in [3.05, 3.63) is 42.0 Å². The molecule has 0 radical (unpaired) electrons. The topological polar surface area (TPSA) is 59.1 Å². The van der Waals surface area contributed by atoms with Gasteiger partial charge in [-0.05, 0) is 23.4 Å². The molecule has 0 fully saturated rings. The molecule has 0 bridgehead atoms. The van der Waals surface area contributed by atoms with Gasteiger partial charge in [-0.1, -0.05) is 38.1 Å². The molecular weight excluding hydrogens is 224 g/mol. The molecule has 2 aromatic rings. The lowest BCUT2D eigenvalue weighted by molar-refractivity contribution is 0.274. The summed E-state index contributed by atoms with van der Waals surface area (Å²) in [5, 5.41) is 9.56. The molecule has 3 heteroatoms. The highest BCUT2D eigenvalue weighted by Gasteiger charge is 2.08. The maximum absolute atomic E-state index is 7.60. The van der Waals surface area contributed by atoms with Gasteiger partial charge >= 0.3 is 0 Å². The van der Waals surface area contributed by atoms with Crippen LogP contribution in [0.25, 0.3) is 10.8 Å². The lowest BCUT2D eigenvalue weighted by atomic mass is 10.0. The quantitative estimate of drug-likeness (QED) is 0.639. The molecule has 94 valence electrons. The number of hydrogen-bond acceptors (Lipinski definition) is 2. The van der Waals surface area contributed by atoms with E-state index in [1.807, 2.05) is 36.4 Å². The number of fused-ring (bicyclic) bond motifs is 1. The Morgan fingerprint density at radius 1 is 1.17 bits per heavy atom. The number of ether oxygens (including phenoxy) is 1. The fourth-order valence-corrected chi connectivity index (χ4v) is 1.89. The molecule has 0 aliphatic rings. The highest BCUT2D eigenvalue weighted by Crippen LogP contribution is 2.28. The maximum Gasteiger partial charge on any atom is 0.127 e. The molecule has 0 saturated carbocycles. The Bertz CT molecular complexity index is 576. The minimum Gasteiger partial charge on any atom is -0.493 e. The second-order valence-electron chi connectivity index (χ2n) is 4.78. The van der Waals surface area contributed by atoms with Crippen molar-refractivity contribution in [2.24, 2.45) is 11.7 Å². The van der Waals surface area contributed by atoms with Gasteiger partial charge in [0.25, 0.3) is 0 Å². The van der Waals surface area contributed by atoms with Crippen LogP contribution in [0, 0.1) is 11.3 Å². The summed E-state index contributed by atoms with van der Waals surface area (Å²) < 4.78 is 5.80. The van der Waals surface area contributed by atoms with Gasteiger partial charge in [-0.3, -0.25) is 5.41 Å². The van der Waals surface area contributed by atoms with Crippen molar-refractivity contribution in [3.63, 3.8) is 0 Å². The van der Waals surface area contributed by atoms with E-state index in [2.05, 4.69) is 13.8 Å². The first-order valence-corrected chi connectivity index (χ1v) is 6.08. The van der Waals surface area contributed by atoms with Crippen molar-refractivity contribution in [2.45, 2.75) is 13.8 Å². The lowest BCUT2D eigenvalue weighted by Crippen LogP contribution is -2.12. The first kappa shape index (κ1) is 12.4. The monoisotopic (exact) mass is 242 g/mol. The minimum absolute atomic E-state index is 0.0848. The zero-order valence-corrected chi connectivity index (χ0v) is 10.7. The highest BCUT2D eigenvalue weighted by molar-refractivity contribution is 6.09. The molecule has 0 heterocycles. The zero-order chi connectivity index (χ0) is 13.1. The normalized spacial score (nSPS) is 10.8. The molecule has 0 unspecified atom stereocenters. The third-order valence-electron chi connectivity index (χ3n) is 2.75. The Morgan fingerprint density at radius 2 is 1.83 bits per heavy atom. The molecule has 2 aromatic carbocycles. The van der Waals surface area contributed by atoms with E-state index in [1.54, 1.807) is 0 Å². The summed E-state index contributed by atoms with van der Waals surface area (Å²) in [6.07, 6.45) is 0. The second kappa shape index (κ2) is 5.08. The lowest BCUT2D eigenvalue weighted by Gasteiger charge is -2.13. The van der Waals surface area contributed by atoms with Gasteiger partial charge in [0.2, 0.25) is 0 Å². The average molecular weight is 242 g/mol. The van der Waals surface area contributed by atoms with Crippen molar-refractivity contribution >= 4 is 16.6 Å². The van der Waals surface area contributed by atoms with E-state index in [4.69, 9.17) is 15.9 Å². The van der Waals surface area contributed by atoms with Crippen LogP contribution in [0.5, 0.6) is 5.75 Å². The summed E-state index contributed by atoms with van der Waals surface area (Å²) in [5.41, 5.74) is 6.35. The van der Waals surface area contributed by atoms with Gasteiger partial charge in [-0.15, -0.1) is 0 Å². The zero-order valence-electron chi connectivity index (χ0n) is 10.7. The fraction of sp³-hybridized carbons (Fsp3) is 0.267. The number of hydrogen-bond donors (Lipinski definition) is 2. The first-order valence-electron chi connectivity index (χ1n) is 6.08. The van der Waals surface area contributed by atoms with Crippen molar-refractivity contribution < 1.29 is 4.74 Å². The van der Waals surface area contributed by atoms with Gasteiger partial charge in [0.15, 0.2) is 0 Å². The van der Waals surface area contributed by atoms with Crippen LogP contribution in [0.2, 0.25) is 0 Å². The van der Waals surface area contributed by atoms with Gasteiger partial charge in [0.05, 0.1) is 6.61 Å². The van der Waals surface area contributed by atoms with Gasteiger partial charge in [0.1, 0.15) is 11.6 Å². The minimum atomic E-state index is 0.0848. The number of benzene rings is 2. The highest BCUT2D eigenvalue weighted by atomic mass is 16.5. The summed E-state index contributed by atoms with van der Waals surface area (Å²) in [4.78, 5) is 0. The van der Waals surface area contributed by atoms with E-state index in [9.17, 15) is 0 Å². The van der Waals surface area contributed by atoms with Crippen molar-refractivity contribution in [3.8, 4) is 5.75 Å². The third kappa shape index (κ3) is 2.45. The van der Waals surface area contributed by atoms with E-state index in [-0.39, 0.29) is 5.84 Å². The molecular formula is C15H18N2O. The molecule has 0 aliphatic heterocycles. The SMILES string of the molecule is CC(C)COc1ccc(C(=N)N)c2ccccc12. The van der Waals surface area contributed by atoms with Crippen molar-refractivity contribution in [1.29, 1.82) is 5.41 Å². The van der Waals surface area contributed by atoms with Crippen LogP contribution in [0.1, 0.15) is 19.4 Å². The van der Waals surface area contributed by atoms with Crippen LogP contribution in [-0.2, 0) is 0 Å². The molecule has 3 N–H and O–H groups in total. The molecule has 2 rings (SSSR count). The van der Waals surface area contributed by atoms with Gasteiger partial charge < -0.3 is 10.5 Å². The number of amidine groups is 1. The molecule has 0 aliphatic carbocycles. The Balaban J connectivity index is 2.50. The van der Waals surface area contributed by atoms with Crippen LogP contribution in [0.15, 0.2) is 36.4 Å². The number of nitrogen functional groups attached to an aromatic ring is 1. The summed E-state index contributed by atoms with van der Waals surface area (Å²) >= 11 is 0. The largest absolute Gasteiger partial charge is 0.493 e. The summed E-state index contributed by atoms with van der Waals surface area (Å²) in [7, 11) is 0. The number of rotatable bonds is 4. The smallest absolute Gasteiger partial charge is 0.127 e. The van der Waals surface area contributed by atoms with Crippen LogP contribution < -0.4 is 10.5 Å². The van der Waals surface area contributed by atoms with Crippen molar-refractivity contribution in [1.82, 2.24) is 0 Å². The van der Waals surface area contributed by atoms with E-state index in [0.717, 1.165) is 22.1 Å². The predicted octanol–water partition coefficient (Wildman–Crippen LogP) is 3.16. The van der Waals surface area contributed by atoms with Crippen molar-refractivity contribution in [2.75, 3.05) is 6.61 Å². The maximum atomic E-state index is 7.60. The van der Waals surface area contributed by atoms with Crippen LogP contribution >= 0.6 is 0 Å². The summed E-state index contributed by atoms with van der Waals surface area (Å²) in [6.45, 7) is 4.92. The molecule has 0 aromatic heterocycles. The van der Waals surface area contributed by atoms with E-state index in [1.165, 1.54) is 0 Å². The Kier molecular flexibility index (Phi) is 3.51. The fourth-order valence-electron chi connectivity index (χ4n) is 1.89. The molecule has 0 saturated heterocycles. The number of nitrogens with one attached hydrogen (secondary N) is 1. The van der Waals surface area contributed by atoms with Gasteiger partial charge in [-0.25, -0.2) is 0 Å².